The molecule has 0 aromatic heterocycles. The van der Waals surface area contributed by atoms with E-state index in [1.54, 1.807) is 0 Å². The van der Waals surface area contributed by atoms with Crippen LogP contribution < -0.4 is 0 Å². The van der Waals surface area contributed by atoms with Gasteiger partial charge in [-0.15, -0.1) is 0 Å². The summed E-state index contributed by atoms with van der Waals surface area (Å²) < 4.78 is 46.7. The molecule has 0 radical (unpaired) electrons. The van der Waals surface area contributed by atoms with E-state index >= 15 is 0 Å². The van der Waals surface area contributed by atoms with Crippen LogP contribution in [0.15, 0.2) is 0 Å². The lowest BCUT2D eigenvalue weighted by Crippen LogP contribution is -2.65. The van der Waals surface area contributed by atoms with Gasteiger partial charge >= 0.3 is 0 Å². The van der Waals surface area contributed by atoms with Gasteiger partial charge in [-0.3, -0.25) is 0 Å². The van der Waals surface area contributed by atoms with Crippen molar-refractivity contribution in [2.75, 3.05) is 39.6 Å². The first-order valence-electron chi connectivity index (χ1n) is 23.5. The molecule has 20 atom stereocenters. The molecule has 8 unspecified atom stereocenters. The number of aliphatic hydroxyl groups excluding tert-OH is 14. The molecule has 0 amide bonds. The Balaban J connectivity index is 1.53. The van der Waals surface area contributed by atoms with E-state index in [0.29, 0.717) is 12.8 Å². The highest BCUT2D eigenvalue weighted by Gasteiger charge is 2.53. The topological polar surface area (TPSA) is 357 Å². The van der Waals surface area contributed by atoms with E-state index in [-0.39, 0.29) is 13.2 Å². The zero-order valence-electron chi connectivity index (χ0n) is 37.7. The number of hydrogen-bond acceptors (Lipinski definition) is 22. The van der Waals surface area contributed by atoms with Crippen LogP contribution in [0.4, 0.5) is 0 Å². The minimum atomic E-state index is -1.84. The van der Waals surface area contributed by atoms with E-state index < -0.39 is 155 Å². The lowest BCUT2D eigenvalue weighted by Gasteiger charge is -2.47. The van der Waals surface area contributed by atoms with Gasteiger partial charge in [0, 0.05) is 5.41 Å². The van der Waals surface area contributed by atoms with Crippen molar-refractivity contribution in [1.29, 1.82) is 0 Å². The molecule has 14 N–H and O–H groups in total. The van der Waals surface area contributed by atoms with Gasteiger partial charge in [0.2, 0.25) is 0 Å². The molecule has 65 heavy (non-hydrogen) atoms. The molecule has 0 aromatic carbocycles. The van der Waals surface area contributed by atoms with Crippen molar-refractivity contribution < 1.29 is 109 Å². The van der Waals surface area contributed by atoms with Gasteiger partial charge in [0.05, 0.1) is 39.6 Å². The summed E-state index contributed by atoms with van der Waals surface area (Å²) in [6.07, 6.45) is -20.3. The minimum Gasteiger partial charge on any atom is -0.394 e. The number of hydrogen-bond donors (Lipinski definition) is 14. The van der Waals surface area contributed by atoms with E-state index in [1.165, 1.54) is 0 Å². The molecule has 22 nitrogen and oxygen atoms in total. The molecule has 0 bridgehead atoms. The Kier molecular flexibility index (Phi) is 24.5. The Hall–Kier alpha value is -0.880. The van der Waals surface area contributed by atoms with Crippen LogP contribution in [0.1, 0.15) is 104 Å². The molecule has 384 valence electrons. The zero-order valence-corrected chi connectivity index (χ0v) is 37.7. The Morgan fingerprint density at radius 2 is 0.662 bits per heavy atom. The molecule has 0 aliphatic carbocycles. The Bertz CT molecular complexity index is 1190. The fourth-order valence-electron chi connectivity index (χ4n) is 8.92. The van der Waals surface area contributed by atoms with E-state index in [4.69, 9.17) is 37.9 Å². The number of rotatable bonds is 28. The van der Waals surface area contributed by atoms with Gasteiger partial charge in [0.15, 0.2) is 25.2 Å². The van der Waals surface area contributed by atoms with Crippen LogP contribution in [0, 0.1) is 5.41 Å². The summed E-state index contributed by atoms with van der Waals surface area (Å²) in [5.41, 5.74) is -0.867. The molecule has 4 rings (SSSR count). The third-order valence-corrected chi connectivity index (χ3v) is 13.1. The SMILES string of the molecule is CCCCCCCCC(CCCCCCCC)(CO[C@@H]1OC(CO)[C@@H](O[C@H]2OC(CO)[C@@H](O)[C@H](O)C2O)[C@H](O)C1O)CO[C@@H]1OC(CO)[C@@H](O[C@@H]2OC(CO)[C@@H](O)[C@H](O)C2O)[C@H](O)C1O. The highest BCUT2D eigenvalue weighted by molar-refractivity contribution is 4.96. The number of ether oxygens (including phenoxy) is 8. The van der Waals surface area contributed by atoms with Crippen LogP contribution in [-0.4, -0.2) is 234 Å². The first-order chi connectivity index (χ1) is 31.1. The van der Waals surface area contributed by atoms with Gasteiger partial charge in [-0.25, -0.2) is 0 Å². The molecule has 4 heterocycles. The van der Waals surface area contributed by atoms with Gasteiger partial charge in [-0.05, 0) is 12.8 Å². The number of unbranched alkanes of at least 4 members (excludes halogenated alkanes) is 10. The van der Waals surface area contributed by atoms with Crippen molar-refractivity contribution in [2.45, 2.75) is 227 Å². The van der Waals surface area contributed by atoms with E-state index in [1.807, 2.05) is 0 Å². The minimum absolute atomic E-state index is 0.139. The maximum Gasteiger partial charge on any atom is 0.187 e. The lowest BCUT2D eigenvalue weighted by molar-refractivity contribution is -0.365. The smallest absolute Gasteiger partial charge is 0.187 e. The molecule has 4 saturated heterocycles. The quantitative estimate of drug-likeness (QED) is 0.0343. The molecular weight excluding hydrogens is 868 g/mol. The van der Waals surface area contributed by atoms with E-state index in [0.717, 1.165) is 77.0 Å². The third-order valence-electron chi connectivity index (χ3n) is 13.1. The van der Waals surface area contributed by atoms with Crippen LogP contribution >= 0.6 is 0 Å². The van der Waals surface area contributed by atoms with Gasteiger partial charge < -0.3 is 109 Å². The van der Waals surface area contributed by atoms with Crippen molar-refractivity contribution >= 4 is 0 Å². The molecule has 4 aliphatic rings. The average molecular weight is 949 g/mol. The van der Waals surface area contributed by atoms with E-state index in [9.17, 15) is 71.5 Å². The maximum atomic E-state index is 11.4. The second kappa shape index (κ2) is 28.1. The molecule has 0 aromatic rings. The van der Waals surface area contributed by atoms with Crippen LogP contribution in [0.2, 0.25) is 0 Å². The van der Waals surface area contributed by atoms with Crippen molar-refractivity contribution in [2.24, 2.45) is 5.41 Å². The highest BCUT2D eigenvalue weighted by atomic mass is 16.8. The van der Waals surface area contributed by atoms with Crippen LogP contribution in [0.3, 0.4) is 0 Å². The molecule has 4 aliphatic heterocycles. The Morgan fingerprint density at radius 1 is 0.354 bits per heavy atom. The molecule has 0 spiro atoms. The van der Waals surface area contributed by atoms with Crippen molar-refractivity contribution in [1.82, 2.24) is 0 Å². The van der Waals surface area contributed by atoms with Crippen molar-refractivity contribution in [3.63, 3.8) is 0 Å². The molecule has 0 saturated carbocycles. The van der Waals surface area contributed by atoms with E-state index in [2.05, 4.69) is 13.8 Å². The van der Waals surface area contributed by atoms with Gasteiger partial charge in [0.25, 0.3) is 0 Å². The van der Waals surface area contributed by atoms with Crippen LogP contribution in [0.5, 0.6) is 0 Å². The van der Waals surface area contributed by atoms with Crippen molar-refractivity contribution in [3.8, 4) is 0 Å². The summed E-state index contributed by atoms with van der Waals surface area (Å²) in [5, 5.41) is 147. The zero-order chi connectivity index (χ0) is 47.8. The molecular formula is C43H80O22. The summed E-state index contributed by atoms with van der Waals surface area (Å²) in [5.74, 6) is 0. The number of aliphatic hydroxyl groups is 14. The summed E-state index contributed by atoms with van der Waals surface area (Å²) in [4.78, 5) is 0. The first-order valence-corrected chi connectivity index (χ1v) is 23.5. The lowest BCUT2D eigenvalue weighted by atomic mass is 9.79. The summed E-state index contributed by atoms with van der Waals surface area (Å²) >= 11 is 0. The highest BCUT2D eigenvalue weighted by Crippen LogP contribution is 2.38. The third kappa shape index (κ3) is 15.1. The second-order valence-corrected chi connectivity index (χ2v) is 18.2. The monoisotopic (exact) mass is 949 g/mol. The normalized spacial score (nSPS) is 40.6. The predicted molar refractivity (Wildman–Crippen MR) is 223 cm³/mol. The Morgan fingerprint density at radius 3 is 1.00 bits per heavy atom. The van der Waals surface area contributed by atoms with Crippen LogP contribution in [-0.2, 0) is 37.9 Å². The first kappa shape index (κ1) is 56.7. The average Bonchev–Trinajstić information content (AvgIpc) is 3.30. The second-order valence-electron chi connectivity index (χ2n) is 18.2. The van der Waals surface area contributed by atoms with Crippen molar-refractivity contribution in [3.05, 3.63) is 0 Å². The Labute approximate surface area is 380 Å². The van der Waals surface area contributed by atoms with Gasteiger partial charge in [0.1, 0.15) is 97.7 Å². The van der Waals surface area contributed by atoms with Gasteiger partial charge in [-0.1, -0.05) is 90.9 Å². The molecule has 22 heteroatoms. The van der Waals surface area contributed by atoms with Crippen LogP contribution in [0.25, 0.3) is 0 Å². The van der Waals surface area contributed by atoms with Gasteiger partial charge in [-0.2, -0.15) is 0 Å². The fourth-order valence-corrected chi connectivity index (χ4v) is 8.92. The predicted octanol–water partition coefficient (Wildman–Crippen LogP) is -3.24. The summed E-state index contributed by atoms with van der Waals surface area (Å²) in [6.45, 7) is 0.951. The largest absolute Gasteiger partial charge is 0.394 e. The summed E-state index contributed by atoms with van der Waals surface area (Å²) in [6, 6.07) is 0. The molecule has 4 fully saturated rings. The fraction of sp³-hybridized carbons (Fsp3) is 1.00. The maximum absolute atomic E-state index is 11.4. The summed E-state index contributed by atoms with van der Waals surface area (Å²) in [7, 11) is 0. The standard InChI is InChI=1S/C43H80O22/c1-3-5-7-9-11-13-15-43(16-14-12-10-8-6-4-2,21-58-39-35(56)31(52)37(25(19-46)62-39)64-41-33(54)29(50)27(48)23(17-44)60-41)22-59-40-36(57)32(53)38(26(20-47)63-40)65-42-34(55)30(51)28(49)24(18-45)61-42/h23-42,44-57H,3-22H2,1-2H3/t23?,24?,25?,26?,27-,28-,29+,30+,31-,32-,33?,34?,35?,36?,37-,38-,39-,40-,41-,42+/m1/s1.